The number of nitro benzene ring substituents is 1. The largest absolute Gasteiger partial charge is 0.478 e. The molecule has 0 radical (unpaired) electrons. The fourth-order valence-electron chi connectivity index (χ4n) is 1.62. The SMILES string of the molecule is CCCN(C)c1cc(C(=O)O)c(F)cc1[N+](=O)[O-]. The zero-order valence-corrected chi connectivity index (χ0v) is 10.0. The highest BCUT2D eigenvalue weighted by Crippen LogP contribution is 2.30. The maximum atomic E-state index is 13.4. The number of hydrogen-bond acceptors (Lipinski definition) is 4. The smallest absolute Gasteiger partial charge is 0.338 e. The summed E-state index contributed by atoms with van der Waals surface area (Å²) >= 11 is 0. The number of carbonyl (C=O) groups is 1. The van der Waals surface area contributed by atoms with E-state index in [1.54, 1.807) is 7.05 Å². The van der Waals surface area contributed by atoms with Crippen molar-refractivity contribution in [2.45, 2.75) is 13.3 Å². The predicted octanol–water partition coefficient (Wildman–Crippen LogP) is 2.28. The van der Waals surface area contributed by atoms with E-state index in [0.717, 1.165) is 12.5 Å². The van der Waals surface area contributed by atoms with E-state index in [-0.39, 0.29) is 5.69 Å². The van der Waals surface area contributed by atoms with Crippen LogP contribution in [-0.4, -0.2) is 29.6 Å². The Morgan fingerprint density at radius 1 is 1.56 bits per heavy atom. The third-order valence-corrected chi connectivity index (χ3v) is 2.46. The van der Waals surface area contributed by atoms with E-state index in [1.165, 1.54) is 4.90 Å². The third kappa shape index (κ3) is 2.73. The average Bonchev–Trinajstić information content (AvgIpc) is 2.28. The van der Waals surface area contributed by atoms with Gasteiger partial charge in [-0.05, 0) is 12.5 Å². The molecule has 1 aromatic rings. The van der Waals surface area contributed by atoms with E-state index in [2.05, 4.69) is 0 Å². The minimum absolute atomic E-state index is 0.0978. The number of hydrogen-bond donors (Lipinski definition) is 1. The molecule has 0 aromatic heterocycles. The van der Waals surface area contributed by atoms with Gasteiger partial charge in [0.2, 0.25) is 0 Å². The number of aromatic carboxylic acids is 1. The molecule has 0 spiro atoms. The van der Waals surface area contributed by atoms with E-state index < -0.39 is 28.0 Å². The Morgan fingerprint density at radius 2 is 2.17 bits per heavy atom. The molecule has 0 atom stereocenters. The van der Waals surface area contributed by atoms with Crippen LogP contribution in [0, 0.1) is 15.9 Å². The van der Waals surface area contributed by atoms with Crippen molar-refractivity contribution in [1.82, 2.24) is 0 Å². The lowest BCUT2D eigenvalue weighted by Crippen LogP contribution is -2.20. The standard InChI is InChI=1S/C11H13FN2O4/c1-3-4-13(2)9-5-7(11(15)16)8(12)6-10(9)14(17)18/h5-6H,3-4H2,1-2H3,(H,15,16). The highest BCUT2D eigenvalue weighted by molar-refractivity contribution is 5.90. The fraction of sp³-hybridized carbons (Fsp3) is 0.364. The Morgan fingerprint density at radius 3 is 2.61 bits per heavy atom. The van der Waals surface area contributed by atoms with Crippen molar-refractivity contribution in [3.05, 3.63) is 33.6 Å². The van der Waals surface area contributed by atoms with Gasteiger partial charge in [0.1, 0.15) is 11.5 Å². The fourth-order valence-corrected chi connectivity index (χ4v) is 1.62. The third-order valence-electron chi connectivity index (χ3n) is 2.46. The first kappa shape index (κ1) is 13.9. The van der Waals surface area contributed by atoms with Crippen LogP contribution < -0.4 is 4.90 Å². The van der Waals surface area contributed by atoms with Crippen LogP contribution >= 0.6 is 0 Å². The van der Waals surface area contributed by atoms with Crippen LogP contribution in [0.1, 0.15) is 23.7 Å². The lowest BCUT2D eigenvalue weighted by atomic mass is 10.1. The van der Waals surface area contributed by atoms with Crippen molar-refractivity contribution >= 4 is 17.3 Å². The van der Waals surface area contributed by atoms with Crippen LogP contribution in [0.25, 0.3) is 0 Å². The monoisotopic (exact) mass is 256 g/mol. The molecule has 1 N–H and O–H groups in total. The van der Waals surface area contributed by atoms with Crippen molar-refractivity contribution in [1.29, 1.82) is 0 Å². The predicted molar refractivity (Wildman–Crippen MR) is 63.6 cm³/mol. The maximum Gasteiger partial charge on any atom is 0.338 e. The number of nitrogens with zero attached hydrogens (tertiary/aromatic N) is 2. The van der Waals surface area contributed by atoms with E-state index in [1.807, 2.05) is 6.92 Å². The lowest BCUT2D eigenvalue weighted by Gasteiger charge is -2.18. The van der Waals surface area contributed by atoms with E-state index >= 15 is 0 Å². The molecule has 0 heterocycles. The summed E-state index contributed by atoms with van der Waals surface area (Å²) in [6.07, 6.45) is 0.730. The Kier molecular flexibility index (Phi) is 4.19. The number of rotatable bonds is 5. The molecule has 1 rings (SSSR count). The molecule has 6 nitrogen and oxygen atoms in total. The lowest BCUT2D eigenvalue weighted by molar-refractivity contribution is -0.384. The van der Waals surface area contributed by atoms with Gasteiger partial charge < -0.3 is 10.0 Å². The zero-order valence-electron chi connectivity index (χ0n) is 10.0. The number of halogens is 1. The van der Waals surface area contributed by atoms with Crippen LogP contribution in [0.15, 0.2) is 12.1 Å². The molecule has 0 aliphatic heterocycles. The molecule has 0 fully saturated rings. The average molecular weight is 256 g/mol. The summed E-state index contributed by atoms with van der Waals surface area (Å²) in [6, 6.07) is 1.64. The van der Waals surface area contributed by atoms with Gasteiger partial charge in [0, 0.05) is 13.6 Å². The minimum atomic E-state index is -1.45. The van der Waals surface area contributed by atoms with Gasteiger partial charge in [0.25, 0.3) is 5.69 Å². The van der Waals surface area contributed by atoms with E-state index in [0.29, 0.717) is 12.6 Å². The quantitative estimate of drug-likeness (QED) is 0.645. The number of nitro groups is 1. The molecule has 0 aliphatic rings. The maximum absolute atomic E-state index is 13.4. The van der Waals surface area contributed by atoms with Crippen molar-refractivity contribution in [2.75, 3.05) is 18.5 Å². The molecular weight excluding hydrogens is 243 g/mol. The summed E-state index contributed by atoms with van der Waals surface area (Å²) < 4.78 is 13.4. The van der Waals surface area contributed by atoms with Crippen LogP contribution in [0.4, 0.5) is 15.8 Å². The van der Waals surface area contributed by atoms with Gasteiger partial charge >= 0.3 is 5.97 Å². The Hall–Kier alpha value is -2.18. The van der Waals surface area contributed by atoms with Gasteiger partial charge in [-0.1, -0.05) is 6.92 Å². The zero-order chi connectivity index (χ0) is 13.9. The van der Waals surface area contributed by atoms with Gasteiger partial charge in [-0.2, -0.15) is 0 Å². The van der Waals surface area contributed by atoms with Crippen LogP contribution in [0.5, 0.6) is 0 Å². The summed E-state index contributed by atoms with van der Waals surface area (Å²) in [5, 5.41) is 19.6. The Balaban J connectivity index is 3.39. The molecule has 18 heavy (non-hydrogen) atoms. The first-order chi connectivity index (χ1) is 8.38. The van der Waals surface area contributed by atoms with Crippen molar-refractivity contribution in [3.8, 4) is 0 Å². The molecule has 7 heteroatoms. The normalized spacial score (nSPS) is 10.2. The molecular formula is C11H13FN2O4. The van der Waals surface area contributed by atoms with Crippen LogP contribution in [-0.2, 0) is 0 Å². The molecule has 0 saturated heterocycles. The number of anilines is 1. The summed E-state index contributed by atoms with van der Waals surface area (Å²) in [5.74, 6) is -2.56. The molecule has 0 unspecified atom stereocenters. The van der Waals surface area contributed by atoms with Gasteiger partial charge in [0.15, 0.2) is 0 Å². The van der Waals surface area contributed by atoms with Gasteiger partial charge in [-0.3, -0.25) is 10.1 Å². The van der Waals surface area contributed by atoms with Crippen LogP contribution in [0.2, 0.25) is 0 Å². The van der Waals surface area contributed by atoms with Crippen molar-refractivity contribution in [2.24, 2.45) is 0 Å². The first-order valence-electron chi connectivity index (χ1n) is 5.30. The van der Waals surface area contributed by atoms with E-state index in [9.17, 15) is 19.3 Å². The van der Waals surface area contributed by atoms with Gasteiger partial charge in [0.05, 0.1) is 16.6 Å². The molecule has 0 amide bonds. The summed E-state index contributed by atoms with van der Waals surface area (Å²) in [7, 11) is 1.59. The number of benzene rings is 1. The van der Waals surface area contributed by atoms with E-state index in [4.69, 9.17) is 5.11 Å². The molecule has 1 aromatic carbocycles. The summed E-state index contributed by atoms with van der Waals surface area (Å²) in [4.78, 5) is 22.4. The molecule has 98 valence electrons. The van der Waals surface area contributed by atoms with Crippen molar-refractivity contribution < 1.29 is 19.2 Å². The second-order valence-electron chi connectivity index (χ2n) is 3.80. The minimum Gasteiger partial charge on any atom is -0.478 e. The van der Waals surface area contributed by atoms with Gasteiger partial charge in [-0.25, -0.2) is 9.18 Å². The summed E-state index contributed by atoms with van der Waals surface area (Å²) in [6.45, 7) is 2.38. The summed E-state index contributed by atoms with van der Waals surface area (Å²) in [5.41, 5.74) is -0.910. The number of carboxylic acid groups (broad SMARTS) is 1. The molecule has 0 aliphatic carbocycles. The van der Waals surface area contributed by atoms with Crippen molar-refractivity contribution in [3.63, 3.8) is 0 Å². The topological polar surface area (TPSA) is 83.7 Å². The second kappa shape index (κ2) is 5.44. The first-order valence-corrected chi connectivity index (χ1v) is 5.30. The molecule has 0 saturated carbocycles. The number of carboxylic acids is 1. The highest BCUT2D eigenvalue weighted by atomic mass is 19.1. The molecule has 0 bridgehead atoms. The van der Waals surface area contributed by atoms with Crippen LogP contribution in [0.3, 0.4) is 0 Å². The Labute approximate surface area is 103 Å². The Bertz CT molecular complexity index is 490. The second-order valence-corrected chi connectivity index (χ2v) is 3.80. The van der Waals surface area contributed by atoms with Gasteiger partial charge in [-0.15, -0.1) is 0 Å². The highest BCUT2D eigenvalue weighted by Gasteiger charge is 2.23.